The maximum absolute atomic E-state index is 6.19. The summed E-state index contributed by atoms with van der Waals surface area (Å²) in [5.74, 6) is 0. The number of hydrogen-bond acceptors (Lipinski definition) is 4. The zero-order chi connectivity index (χ0) is 15.0. The van der Waals surface area contributed by atoms with E-state index in [2.05, 4.69) is 61.4 Å². The van der Waals surface area contributed by atoms with Crippen LogP contribution in [0.25, 0.3) is 10.2 Å². The van der Waals surface area contributed by atoms with Gasteiger partial charge in [0.25, 0.3) is 0 Å². The molecule has 0 aliphatic rings. The molecule has 0 fully saturated rings. The number of fused-ring (bicyclic) bond motifs is 1. The molecule has 0 aliphatic heterocycles. The monoisotopic (exact) mass is 297 g/mol. The number of benzene rings is 2. The molecule has 0 aliphatic carbocycles. The van der Waals surface area contributed by atoms with Gasteiger partial charge in [0, 0.05) is 5.69 Å². The van der Waals surface area contributed by atoms with Crippen LogP contribution < -0.4 is 11.1 Å². The fourth-order valence-corrected chi connectivity index (χ4v) is 2.96. The first-order chi connectivity index (χ1) is 9.95. The van der Waals surface area contributed by atoms with Gasteiger partial charge in [0.05, 0.1) is 21.6 Å². The Hall–Kier alpha value is -2.07. The molecule has 0 saturated heterocycles. The van der Waals surface area contributed by atoms with Crippen molar-refractivity contribution in [3.05, 3.63) is 47.5 Å². The van der Waals surface area contributed by atoms with Crippen LogP contribution in [0.4, 0.5) is 17.1 Å². The number of anilines is 3. The van der Waals surface area contributed by atoms with E-state index in [1.54, 1.807) is 11.3 Å². The van der Waals surface area contributed by atoms with Crippen molar-refractivity contribution in [2.45, 2.75) is 26.2 Å². The highest BCUT2D eigenvalue weighted by molar-refractivity contribution is 7.16. The Morgan fingerprint density at radius 3 is 2.43 bits per heavy atom. The third kappa shape index (κ3) is 2.72. The second kappa shape index (κ2) is 5.04. The highest BCUT2D eigenvalue weighted by Gasteiger charge is 2.13. The molecule has 0 bridgehead atoms. The van der Waals surface area contributed by atoms with Gasteiger partial charge >= 0.3 is 0 Å². The largest absolute Gasteiger partial charge is 0.395 e. The van der Waals surface area contributed by atoms with Gasteiger partial charge in [0.2, 0.25) is 0 Å². The van der Waals surface area contributed by atoms with Crippen LogP contribution in [0.1, 0.15) is 26.3 Å². The van der Waals surface area contributed by atoms with Gasteiger partial charge in [-0.2, -0.15) is 0 Å². The minimum absolute atomic E-state index is 0.164. The predicted octanol–water partition coefficient (Wildman–Crippen LogP) is 4.92. The Bertz CT molecular complexity index is 767. The molecular weight excluding hydrogens is 278 g/mol. The van der Waals surface area contributed by atoms with Crippen molar-refractivity contribution in [1.82, 2.24) is 4.98 Å². The number of hydrogen-bond donors (Lipinski definition) is 2. The molecule has 0 radical (unpaired) electrons. The lowest BCUT2D eigenvalue weighted by molar-refractivity contribution is 0.590. The summed E-state index contributed by atoms with van der Waals surface area (Å²) in [7, 11) is 0. The molecule has 1 aromatic heterocycles. The minimum atomic E-state index is 0.164. The predicted molar refractivity (Wildman–Crippen MR) is 92.5 cm³/mol. The van der Waals surface area contributed by atoms with Crippen molar-refractivity contribution in [2.75, 3.05) is 11.1 Å². The van der Waals surface area contributed by atoms with Crippen molar-refractivity contribution in [2.24, 2.45) is 0 Å². The molecule has 3 rings (SSSR count). The average Bonchev–Trinajstić information content (AvgIpc) is 2.91. The molecule has 0 unspecified atom stereocenters. The van der Waals surface area contributed by atoms with E-state index in [1.807, 2.05) is 11.6 Å². The molecule has 0 atom stereocenters. The van der Waals surface area contributed by atoms with Crippen LogP contribution in [0.2, 0.25) is 0 Å². The summed E-state index contributed by atoms with van der Waals surface area (Å²) in [5.41, 5.74) is 13.0. The van der Waals surface area contributed by atoms with E-state index in [-0.39, 0.29) is 5.41 Å². The Morgan fingerprint density at radius 1 is 1.05 bits per heavy atom. The molecule has 3 nitrogen and oxygen atoms in total. The number of aromatic nitrogens is 1. The fraction of sp³-hybridized carbons (Fsp3) is 0.235. The first kappa shape index (κ1) is 13.9. The number of nitrogens with two attached hydrogens (primary N) is 1. The summed E-state index contributed by atoms with van der Waals surface area (Å²) in [6.45, 7) is 6.64. The Balaban J connectivity index is 1.90. The van der Waals surface area contributed by atoms with Gasteiger partial charge < -0.3 is 11.1 Å². The lowest BCUT2D eigenvalue weighted by Gasteiger charge is -2.19. The van der Waals surface area contributed by atoms with Crippen molar-refractivity contribution in [3.63, 3.8) is 0 Å². The molecule has 3 aromatic rings. The summed E-state index contributed by atoms with van der Waals surface area (Å²) < 4.78 is 1.11. The van der Waals surface area contributed by atoms with Gasteiger partial charge in [-0.3, -0.25) is 0 Å². The molecule has 0 saturated carbocycles. The van der Waals surface area contributed by atoms with E-state index in [4.69, 9.17) is 5.73 Å². The fourth-order valence-electron chi connectivity index (χ4n) is 2.27. The van der Waals surface area contributed by atoms with Crippen LogP contribution in [0, 0.1) is 0 Å². The van der Waals surface area contributed by atoms with Crippen LogP contribution in [0.15, 0.2) is 41.9 Å². The maximum Gasteiger partial charge on any atom is 0.106 e. The summed E-state index contributed by atoms with van der Waals surface area (Å²) in [6.07, 6.45) is 0. The van der Waals surface area contributed by atoms with Gasteiger partial charge in [0.1, 0.15) is 5.52 Å². The van der Waals surface area contributed by atoms with Crippen LogP contribution in [0.3, 0.4) is 0 Å². The number of nitrogens with zero attached hydrogens (tertiary/aromatic N) is 1. The Labute approximate surface area is 128 Å². The molecule has 3 N–H and O–H groups in total. The highest BCUT2D eigenvalue weighted by Crippen LogP contribution is 2.32. The van der Waals surface area contributed by atoms with Crippen LogP contribution in [-0.4, -0.2) is 4.98 Å². The SMILES string of the molecule is CC(C)(C)c1ccc(Nc2ccc3scnc3c2N)cc1. The standard InChI is InChI=1S/C17H19N3S/c1-17(2,3)11-4-6-12(7-5-11)20-13-8-9-14-16(15(13)18)19-10-21-14/h4-10,20H,18H2,1-3H3. The maximum atomic E-state index is 6.19. The molecule has 1 heterocycles. The third-order valence-electron chi connectivity index (χ3n) is 3.57. The van der Waals surface area contributed by atoms with Crippen LogP contribution in [0.5, 0.6) is 0 Å². The molecule has 0 amide bonds. The normalized spacial score (nSPS) is 11.8. The average molecular weight is 297 g/mol. The highest BCUT2D eigenvalue weighted by atomic mass is 32.1. The first-order valence-corrected chi connectivity index (χ1v) is 7.82. The van der Waals surface area contributed by atoms with Gasteiger partial charge in [-0.25, -0.2) is 4.98 Å². The molecule has 2 aromatic carbocycles. The zero-order valence-corrected chi connectivity index (χ0v) is 13.3. The zero-order valence-electron chi connectivity index (χ0n) is 12.5. The molecule has 108 valence electrons. The van der Waals surface area contributed by atoms with Gasteiger partial charge in [-0.05, 0) is 35.2 Å². The quantitative estimate of drug-likeness (QED) is 0.660. The first-order valence-electron chi connectivity index (χ1n) is 6.94. The lowest BCUT2D eigenvalue weighted by Crippen LogP contribution is -2.10. The van der Waals surface area contributed by atoms with Crippen LogP contribution in [-0.2, 0) is 5.41 Å². The number of rotatable bonds is 2. The summed E-state index contributed by atoms with van der Waals surface area (Å²) in [6, 6.07) is 12.5. The van der Waals surface area contributed by atoms with Crippen molar-refractivity contribution < 1.29 is 0 Å². The van der Waals surface area contributed by atoms with Crippen molar-refractivity contribution in [1.29, 1.82) is 0 Å². The molecule has 4 heteroatoms. The molecule has 21 heavy (non-hydrogen) atoms. The second-order valence-corrected chi connectivity index (χ2v) is 7.06. The second-order valence-electron chi connectivity index (χ2n) is 6.18. The summed E-state index contributed by atoms with van der Waals surface area (Å²) in [4.78, 5) is 4.32. The third-order valence-corrected chi connectivity index (χ3v) is 4.37. The van der Waals surface area contributed by atoms with Gasteiger partial charge in [-0.15, -0.1) is 11.3 Å². The number of thiazole rings is 1. The van der Waals surface area contributed by atoms with Crippen LogP contribution >= 0.6 is 11.3 Å². The topological polar surface area (TPSA) is 50.9 Å². The van der Waals surface area contributed by atoms with Gasteiger partial charge in [0.15, 0.2) is 0 Å². The molecule has 0 spiro atoms. The smallest absolute Gasteiger partial charge is 0.106 e. The lowest BCUT2D eigenvalue weighted by atomic mass is 9.87. The van der Waals surface area contributed by atoms with Crippen molar-refractivity contribution in [3.8, 4) is 0 Å². The van der Waals surface area contributed by atoms with E-state index in [0.29, 0.717) is 5.69 Å². The van der Waals surface area contributed by atoms with E-state index in [9.17, 15) is 0 Å². The molecular formula is C17H19N3S. The minimum Gasteiger partial charge on any atom is -0.395 e. The van der Waals surface area contributed by atoms with Crippen molar-refractivity contribution >= 4 is 38.6 Å². The van der Waals surface area contributed by atoms with Gasteiger partial charge in [-0.1, -0.05) is 32.9 Å². The van der Waals surface area contributed by atoms with E-state index < -0.39 is 0 Å². The number of nitrogens with one attached hydrogen (secondary N) is 1. The van der Waals surface area contributed by atoms with E-state index in [1.165, 1.54) is 5.56 Å². The van der Waals surface area contributed by atoms with E-state index in [0.717, 1.165) is 21.6 Å². The van der Waals surface area contributed by atoms with E-state index >= 15 is 0 Å². The Morgan fingerprint density at radius 2 is 1.76 bits per heavy atom. The number of nitrogen functional groups attached to an aromatic ring is 1. The Kier molecular flexibility index (Phi) is 3.33. The summed E-state index contributed by atoms with van der Waals surface area (Å²) in [5, 5.41) is 3.37. The summed E-state index contributed by atoms with van der Waals surface area (Å²) >= 11 is 1.60.